The van der Waals surface area contributed by atoms with Gasteiger partial charge in [-0.15, -0.1) is 0 Å². The lowest BCUT2D eigenvalue weighted by molar-refractivity contribution is 0.669. The summed E-state index contributed by atoms with van der Waals surface area (Å²) >= 11 is 0. The molecule has 0 radical (unpaired) electrons. The van der Waals surface area contributed by atoms with Crippen molar-refractivity contribution in [2.45, 2.75) is 5.41 Å². The van der Waals surface area contributed by atoms with Crippen molar-refractivity contribution in [1.82, 2.24) is 0 Å². The van der Waals surface area contributed by atoms with Crippen molar-refractivity contribution >= 4 is 49.8 Å². The maximum Gasteiger partial charge on any atom is 0.137 e. The predicted molar refractivity (Wildman–Crippen MR) is 254 cm³/mol. The van der Waals surface area contributed by atoms with Gasteiger partial charge >= 0.3 is 0 Å². The Morgan fingerprint density at radius 3 is 1.70 bits per heavy atom. The summed E-state index contributed by atoms with van der Waals surface area (Å²) in [6.07, 6.45) is 0. The second-order valence-corrected chi connectivity index (χ2v) is 16.0. The van der Waals surface area contributed by atoms with Gasteiger partial charge in [0.1, 0.15) is 11.2 Å². The molecule has 0 fully saturated rings. The Hall–Kier alpha value is -7.94. The van der Waals surface area contributed by atoms with Gasteiger partial charge in [0, 0.05) is 33.8 Å². The quantitative estimate of drug-likeness (QED) is 0.160. The largest absolute Gasteiger partial charge is 0.456 e. The zero-order valence-corrected chi connectivity index (χ0v) is 33.4. The highest BCUT2D eigenvalue weighted by Gasteiger charge is 2.46. The van der Waals surface area contributed by atoms with E-state index in [1.54, 1.807) is 0 Å². The van der Waals surface area contributed by atoms with E-state index in [-0.39, 0.29) is 0 Å². The monoisotopic (exact) mass is 777 g/mol. The molecule has 286 valence electrons. The highest BCUT2D eigenvalue weighted by molar-refractivity contribution is 6.07. The molecule has 12 rings (SSSR count). The molecular weight excluding hydrogens is 739 g/mol. The van der Waals surface area contributed by atoms with Crippen LogP contribution in [-0.2, 0) is 5.41 Å². The van der Waals surface area contributed by atoms with Gasteiger partial charge in [-0.3, -0.25) is 0 Å². The van der Waals surface area contributed by atoms with Crippen LogP contribution in [0.25, 0.3) is 66.1 Å². The van der Waals surface area contributed by atoms with E-state index in [4.69, 9.17) is 4.42 Å². The van der Waals surface area contributed by atoms with Crippen molar-refractivity contribution in [3.05, 3.63) is 259 Å². The maximum atomic E-state index is 6.61. The van der Waals surface area contributed by atoms with Gasteiger partial charge in [0.05, 0.1) is 11.1 Å². The summed E-state index contributed by atoms with van der Waals surface area (Å²) in [7, 11) is 0. The number of hydrogen-bond donors (Lipinski definition) is 0. The molecule has 1 aromatic heterocycles. The molecule has 2 heteroatoms. The molecule has 0 bridgehead atoms. The zero-order chi connectivity index (χ0) is 40.3. The average molecular weight is 778 g/mol. The first-order valence-electron chi connectivity index (χ1n) is 21.0. The molecule has 1 aliphatic carbocycles. The Morgan fingerprint density at radius 1 is 0.328 bits per heavy atom. The van der Waals surface area contributed by atoms with Gasteiger partial charge in [0.25, 0.3) is 0 Å². The lowest BCUT2D eigenvalue weighted by atomic mass is 9.67. The number of anilines is 3. The molecule has 11 aromatic rings. The van der Waals surface area contributed by atoms with Gasteiger partial charge in [-0.1, -0.05) is 194 Å². The van der Waals surface area contributed by atoms with Crippen LogP contribution in [-0.4, -0.2) is 0 Å². The average Bonchev–Trinajstić information content (AvgIpc) is 3.85. The highest BCUT2D eigenvalue weighted by atomic mass is 16.3. The molecule has 1 aliphatic rings. The zero-order valence-electron chi connectivity index (χ0n) is 33.4. The van der Waals surface area contributed by atoms with Crippen molar-refractivity contribution in [2.24, 2.45) is 0 Å². The smallest absolute Gasteiger partial charge is 0.137 e. The minimum atomic E-state index is -0.550. The summed E-state index contributed by atoms with van der Waals surface area (Å²) in [5.41, 5.74) is 16.5. The van der Waals surface area contributed by atoms with Crippen LogP contribution in [0.3, 0.4) is 0 Å². The first kappa shape index (κ1) is 35.0. The van der Waals surface area contributed by atoms with Crippen molar-refractivity contribution in [3.63, 3.8) is 0 Å². The molecule has 2 nitrogen and oxygen atoms in total. The van der Waals surface area contributed by atoms with E-state index in [9.17, 15) is 0 Å². The van der Waals surface area contributed by atoms with Crippen LogP contribution >= 0.6 is 0 Å². The summed E-state index contributed by atoms with van der Waals surface area (Å²) in [5.74, 6) is 0. The minimum absolute atomic E-state index is 0.550. The molecule has 0 aliphatic heterocycles. The highest BCUT2D eigenvalue weighted by Crippen LogP contribution is 2.57. The van der Waals surface area contributed by atoms with Crippen molar-refractivity contribution < 1.29 is 4.42 Å². The normalized spacial score (nSPS) is 12.7. The van der Waals surface area contributed by atoms with Crippen LogP contribution in [0.15, 0.2) is 241 Å². The van der Waals surface area contributed by atoms with Gasteiger partial charge in [0.2, 0.25) is 0 Å². The summed E-state index contributed by atoms with van der Waals surface area (Å²) in [6, 6.07) is 86.2. The van der Waals surface area contributed by atoms with Crippen LogP contribution in [0.1, 0.15) is 22.3 Å². The predicted octanol–water partition coefficient (Wildman–Crippen LogP) is 15.9. The van der Waals surface area contributed by atoms with Crippen LogP contribution in [0.5, 0.6) is 0 Å². The molecule has 0 atom stereocenters. The van der Waals surface area contributed by atoms with Crippen LogP contribution in [0.2, 0.25) is 0 Å². The molecule has 0 saturated heterocycles. The van der Waals surface area contributed by atoms with E-state index in [2.05, 4.69) is 235 Å². The lowest BCUT2D eigenvalue weighted by Gasteiger charge is -2.35. The third kappa shape index (κ3) is 5.50. The number of furan rings is 1. The number of rotatable bonds is 7. The first-order valence-corrected chi connectivity index (χ1v) is 21.0. The van der Waals surface area contributed by atoms with Gasteiger partial charge < -0.3 is 9.32 Å². The molecule has 0 saturated carbocycles. The lowest BCUT2D eigenvalue weighted by Crippen LogP contribution is -2.28. The molecule has 61 heavy (non-hydrogen) atoms. The van der Waals surface area contributed by atoms with Crippen molar-refractivity contribution in [3.8, 4) is 33.4 Å². The maximum absolute atomic E-state index is 6.61. The van der Waals surface area contributed by atoms with E-state index >= 15 is 0 Å². The number of hydrogen-bond acceptors (Lipinski definition) is 2. The summed E-state index contributed by atoms with van der Waals surface area (Å²) in [5, 5.41) is 4.66. The van der Waals surface area contributed by atoms with Gasteiger partial charge in [-0.25, -0.2) is 0 Å². The summed E-state index contributed by atoms with van der Waals surface area (Å²) in [6.45, 7) is 0. The third-order valence-corrected chi connectivity index (χ3v) is 12.7. The number of para-hydroxylation sites is 1. The fraction of sp³-hybridized carbons (Fsp3) is 0.0169. The second kappa shape index (κ2) is 14.1. The van der Waals surface area contributed by atoms with Crippen LogP contribution in [0.4, 0.5) is 17.1 Å². The fourth-order valence-corrected chi connectivity index (χ4v) is 10.1. The fourth-order valence-electron chi connectivity index (χ4n) is 10.1. The Balaban J connectivity index is 1.17. The molecule has 0 spiro atoms. The summed E-state index contributed by atoms with van der Waals surface area (Å²) < 4.78 is 6.61. The van der Waals surface area contributed by atoms with Crippen LogP contribution in [0, 0.1) is 0 Å². The topological polar surface area (TPSA) is 16.4 Å². The molecule has 0 unspecified atom stereocenters. The van der Waals surface area contributed by atoms with Crippen molar-refractivity contribution in [1.29, 1.82) is 0 Å². The van der Waals surface area contributed by atoms with Crippen molar-refractivity contribution in [2.75, 3.05) is 4.90 Å². The Bertz CT molecular complexity index is 3380. The van der Waals surface area contributed by atoms with Crippen LogP contribution < -0.4 is 4.90 Å². The number of nitrogens with zero attached hydrogens (tertiary/aromatic N) is 1. The van der Waals surface area contributed by atoms with E-state index in [1.165, 1.54) is 49.7 Å². The Kier molecular flexibility index (Phi) is 8.11. The molecular formula is C59H39NO. The first-order chi connectivity index (χ1) is 30.3. The number of benzene rings is 10. The summed E-state index contributed by atoms with van der Waals surface area (Å²) in [4.78, 5) is 2.45. The second-order valence-electron chi connectivity index (χ2n) is 16.0. The standard InChI is InChI=1S/C59H39NO/c1-4-17-41(18-5-1)49-34-31-42(48-28-16-20-40-19-10-11-25-47(40)48)37-56(49)60(46-33-36-53-52-27-13-15-30-57(52)61-58(53)39-46)45-32-35-51-50-26-12-14-29-54(50)59(55(51)38-45,43-21-6-2-7-22-43)44-23-8-3-9-24-44/h1-39H. The molecule has 1 heterocycles. The molecule has 0 N–H and O–H groups in total. The van der Waals surface area contributed by atoms with E-state index in [0.717, 1.165) is 55.7 Å². The van der Waals surface area contributed by atoms with E-state index in [1.807, 2.05) is 6.07 Å². The Morgan fingerprint density at radius 2 is 0.902 bits per heavy atom. The van der Waals surface area contributed by atoms with Gasteiger partial charge in [-0.2, -0.15) is 0 Å². The van der Waals surface area contributed by atoms with E-state index in [0.29, 0.717) is 0 Å². The third-order valence-electron chi connectivity index (χ3n) is 12.7. The molecule has 0 amide bonds. The SMILES string of the molecule is c1ccc(-c2ccc(-c3cccc4ccccc34)cc2N(c2ccc3c(c2)C(c2ccccc2)(c2ccccc2)c2ccccc2-3)c2ccc3c(c2)oc2ccccc23)cc1. The number of fused-ring (bicyclic) bond motifs is 7. The van der Waals surface area contributed by atoms with Gasteiger partial charge in [-0.05, 0) is 97.2 Å². The Labute approximate surface area is 355 Å². The van der Waals surface area contributed by atoms with Gasteiger partial charge in [0.15, 0.2) is 0 Å². The molecule has 10 aromatic carbocycles. The van der Waals surface area contributed by atoms with E-state index < -0.39 is 5.41 Å². The minimum Gasteiger partial charge on any atom is -0.456 e.